The summed E-state index contributed by atoms with van der Waals surface area (Å²) in [5.41, 5.74) is 0.893. The molecule has 19 heavy (non-hydrogen) atoms. The molecule has 4 atom stereocenters. The summed E-state index contributed by atoms with van der Waals surface area (Å²) in [5, 5.41) is 0. The number of rotatable bonds is 1. The second-order valence-electron chi connectivity index (χ2n) is 5.94. The molecule has 3 heteroatoms. The molecule has 1 aliphatic carbocycles. The second kappa shape index (κ2) is 4.15. The Morgan fingerprint density at radius 1 is 1.16 bits per heavy atom. The summed E-state index contributed by atoms with van der Waals surface area (Å²) in [5.74, 6) is 0.457. The average Bonchev–Trinajstić information content (AvgIpc) is 2.78. The molecule has 3 aliphatic rings. The third-order valence-electron chi connectivity index (χ3n) is 4.90. The third-order valence-corrected chi connectivity index (χ3v) is 4.90. The molecule has 0 amide bonds. The summed E-state index contributed by atoms with van der Waals surface area (Å²) in [6.07, 6.45) is 4.41. The van der Waals surface area contributed by atoms with Gasteiger partial charge < -0.3 is 9.47 Å². The van der Waals surface area contributed by atoms with Gasteiger partial charge in [-0.1, -0.05) is 43.2 Å². The maximum atomic E-state index is 12.0. The molecule has 0 radical (unpaired) electrons. The molecule has 2 bridgehead atoms. The van der Waals surface area contributed by atoms with Crippen LogP contribution in [0.2, 0.25) is 0 Å². The minimum Gasteiger partial charge on any atom is -0.336 e. The van der Waals surface area contributed by atoms with Crippen molar-refractivity contribution >= 4 is 5.78 Å². The SMILES string of the molecule is O=C1C[C@H]2CCCC[C@@]23O[C@@H]1O[C@@H]3c1ccccc1. The van der Waals surface area contributed by atoms with Crippen molar-refractivity contribution in [1.82, 2.24) is 0 Å². The number of ether oxygens (including phenoxy) is 2. The minimum atomic E-state index is -0.625. The van der Waals surface area contributed by atoms with Crippen LogP contribution in [0.5, 0.6) is 0 Å². The molecule has 2 saturated heterocycles. The van der Waals surface area contributed by atoms with E-state index < -0.39 is 6.29 Å². The van der Waals surface area contributed by atoms with Gasteiger partial charge in [0.1, 0.15) is 11.7 Å². The van der Waals surface area contributed by atoms with Crippen molar-refractivity contribution < 1.29 is 14.3 Å². The van der Waals surface area contributed by atoms with Gasteiger partial charge in [-0.05, 0) is 24.3 Å². The predicted molar refractivity (Wildman–Crippen MR) is 69.5 cm³/mol. The van der Waals surface area contributed by atoms with Crippen LogP contribution in [0.25, 0.3) is 0 Å². The van der Waals surface area contributed by atoms with Crippen LogP contribution in [0, 0.1) is 5.92 Å². The number of hydrogen-bond acceptors (Lipinski definition) is 3. The highest BCUT2D eigenvalue weighted by Crippen LogP contribution is 2.56. The standard InChI is InChI=1S/C16H18O3/c17-13-10-12-8-4-5-9-16(12)14(18-15(13)19-16)11-6-2-1-3-7-11/h1-3,6-7,12,14-15H,4-5,8-10H2/t12-,14-,15+,16-/m1/s1. The van der Waals surface area contributed by atoms with Crippen molar-refractivity contribution in [2.45, 2.75) is 50.1 Å². The van der Waals surface area contributed by atoms with Gasteiger partial charge in [-0.25, -0.2) is 0 Å². The van der Waals surface area contributed by atoms with Crippen LogP contribution in [-0.2, 0) is 14.3 Å². The molecule has 2 heterocycles. The van der Waals surface area contributed by atoms with E-state index >= 15 is 0 Å². The Balaban J connectivity index is 1.77. The Morgan fingerprint density at radius 2 is 2.00 bits per heavy atom. The molecular weight excluding hydrogens is 240 g/mol. The van der Waals surface area contributed by atoms with Gasteiger partial charge in [0.25, 0.3) is 0 Å². The number of fused-ring (bicyclic) bond motifs is 1. The molecule has 2 aliphatic heterocycles. The average molecular weight is 258 g/mol. The zero-order valence-electron chi connectivity index (χ0n) is 10.9. The fraction of sp³-hybridized carbons (Fsp3) is 0.562. The summed E-state index contributed by atoms with van der Waals surface area (Å²) in [6.45, 7) is 0. The van der Waals surface area contributed by atoms with Gasteiger partial charge >= 0.3 is 0 Å². The number of Topliss-reactive ketones (excluding diaryl/α,β-unsaturated/α-hetero) is 1. The van der Waals surface area contributed by atoms with Crippen LogP contribution in [0.3, 0.4) is 0 Å². The van der Waals surface area contributed by atoms with Gasteiger partial charge in [-0.15, -0.1) is 0 Å². The second-order valence-corrected chi connectivity index (χ2v) is 5.94. The fourth-order valence-corrected chi connectivity index (χ4v) is 4.01. The smallest absolute Gasteiger partial charge is 0.219 e. The number of hydrogen-bond donors (Lipinski definition) is 0. The molecule has 1 aromatic carbocycles. The van der Waals surface area contributed by atoms with Gasteiger partial charge in [0, 0.05) is 6.42 Å². The topological polar surface area (TPSA) is 35.5 Å². The van der Waals surface area contributed by atoms with E-state index in [1.54, 1.807) is 0 Å². The fourth-order valence-electron chi connectivity index (χ4n) is 4.01. The first kappa shape index (κ1) is 11.6. The quantitative estimate of drug-likeness (QED) is 0.776. The molecule has 0 unspecified atom stereocenters. The molecule has 3 nitrogen and oxygen atoms in total. The highest BCUT2D eigenvalue weighted by molar-refractivity contribution is 5.83. The lowest BCUT2D eigenvalue weighted by Crippen LogP contribution is -2.49. The Labute approximate surface area is 112 Å². The number of benzene rings is 1. The van der Waals surface area contributed by atoms with Crippen molar-refractivity contribution in [3.63, 3.8) is 0 Å². The summed E-state index contributed by atoms with van der Waals surface area (Å²) < 4.78 is 12.1. The maximum Gasteiger partial charge on any atom is 0.219 e. The lowest BCUT2D eigenvalue weighted by atomic mass is 9.68. The Bertz CT molecular complexity index is 498. The van der Waals surface area contributed by atoms with Crippen LogP contribution in [0.4, 0.5) is 0 Å². The highest BCUT2D eigenvalue weighted by Gasteiger charge is 2.60. The zero-order valence-corrected chi connectivity index (χ0v) is 10.9. The lowest BCUT2D eigenvalue weighted by Gasteiger charge is -2.44. The van der Waals surface area contributed by atoms with E-state index in [0.717, 1.165) is 18.4 Å². The highest BCUT2D eigenvalue weighted by atomic mass is 16.7. The van der Waals surface area contributed by atoms with E-state index in [0.29, 0.717) is 12.3 Å². The monoisotopic (exact) mass is 258 g/mol. The summed E-state index contributed by atoms with van der Waals surface area (Å²) in [4.78, 5) is 12.0. The summed E-state index contributed by atoms with van der Waals surface area (Å²) >= 11 is 0. The first-order valence-corrected chi connectivity index (χ1v) is 7.20. The van der Waals surface area contributed by atoms with Gasteiger partial charge in [-0.3, -0.25) is 4.79 Å². The Hall–Kier alpha value is -1.19. The van der Waals surface area contributed by atoms with E-state index in [4.69, 9.17) is 9.47 Å². The molecule has 3 fully saturated rings. The first-order valence-electron chi connectivity index (χ1n) is 7.20. The molecule has 1 saturated carbocycles. The van der Waals surface area contributed by atoms with Gasteiger partial charge in [0.15, 0.2) is 5.78 Å². The molecule has 1 aromatic rings. The maximum absolute atomic E-state index is 12.0. The van der Waals surface area contributed by atoms with Crippen LogP contribution in [0.1, 0.15) is 43.8 Å². The summed E-state index contributed by atoms with van der Waals surface area (Å²) in [6, 6.07) is 10.2. The molecule has 4 rings (SSSR count). The van der Waals surface area contributed by atoms with Crippen LogP contribution in [-0.4, -0.2) is 17.7 Å². The number of carbonyl (C=O) groups is 1. The molecule has 0 N–H and O–H groups in total. The normalized spacial score (nSPS) is 41.1. The Morgan fingerprint density at radius 3 is 2.84 bits per heavy atom. The third kappa shape index (κ3) is 1.61. The van der Waals surface area contributed by atoms with E-state index in [-0.39, 0.29) is 17.5 Å². The van der Waals surface area contributed by atoms with E-state index in [9.17, 15) is 4.79 Å². The Kier molecular flexibility index (Phi) is 2.54. The predicted octanol–water partition coefficient (Wildman–Crippen LogP) is 3.00. The summed E-state index contributed by atoms with van der Waals surface area (Å²) in [7, 11) is 0. The number of carbonyl (C=O) groups excluding carboxylic acids is 1. The minimum absolute atomic E-state index is 0.0737. The zero-order chi connectivity index (χ0) is 12.9. The van der Waals surface area contributed by atoms with E-state index in [2.05, 4.69) is 12.1 Å². The van der Waals surface area contributed by atoms with E-state index in [1.165, 1.54) is 12.8 Å². The molecule has 0 aromatic heterocycles. The van der Waals surface area contributed by atoms with Gasteiger partial charge in [-0.2, -0.15) is 0 Å². The van der Waals surface area contributed by atoms with Crippen molar-refractivity contribution in [2.24, 2.45) is 5.92 Å². The van der Waals surface area contributed by atoms with Gasteiger partial charge in [0.2, 0.25) is 6.29 Å². The van der Waals surface area contributed by atoms with Crippen LogP contribution < -0.4 is 0 Å². The molecular formula is C16H18O3. The van der Waals surface area contributed by atoms with Gasteiger partial charge in [0.05, 0.1) is 0 Å². The van der Waals surface area contributed by atoms with E-state index in [1.807, 2.05) is 18.2 Å². The van der Waals surface area contributed by atoms with Crippen molar-refractivity contribution in [3.8, 4) is 0 Å². The van der Waals surface area contributed by atoms with Crippen LogP contribution in [0.15, 0.2) is 30.3 Å². The van der Waals surface area contributed by atoms with Crippen molar-refractivity contribution in [2.75, 3.05) is 0 Å². The lowest BCUT2D eigenvalue weighted by molar-refractivity contribution is -0.176. The van der Waals surface area contributed by atoms with Crippen molar-refractivity contribution in [1.29, 1.82) is 0 Å². The molecule has 100 valence electrons. The van der Waals surface area contributed by atoms with Crippen LogP contribution >= 0.6 is 0 Å². The number of ketones is 1. The largest absolute Gasteiger partial charge is 0.336 e. The molecule has 1 spiro atoms. The van der Waals surface area contributed by atoms with Crippen molar-refractivity contribution in [3.05, 3.63) is 35.9 Å². The first-order chi connectivity index (χ1) is 9.29.